The van der Waals surface area contributed by atoms with Crippen LogP contribution in [-0.2, 0) is 9.59 Å². The summed E-state index contributed by atoms with van der Waals surface area (Å²) in [6.07, 6.45) is 0.0122. The van der Waals surface area contributed by atoms with E-state index in [0.29, 0.717) is 38.1 Å². The summed E-state index contributed by atoms with van der Waals surface area (Å²) in [6.45, 7) is 1.56. The highest BCUT2D eigenvalue weighted by Gasteiger charge is 2.14. The number of carbonyl (C=O) groups is 2. The quantitative estimate of drug-likeness (QED) is 0.463. The van der Waals surface area contributed by atoms with Gasteiger partial charge in [0.25, 0.3) is 5.91 Å². The van der Waals surface area contributed by atoms with Gasteiger partial charge in [-0.1, -0.05) is 11.6 Å². The van der Waals surface area contributed by atoms with Crippen molar-refractivity contribution in [1.82, 2.24) is 5.43 Å². The van der Waals surface area contributed by atoms with Gasteiger partial charge in [0.1, 0.15) is 5.75 Å². The number of amides is 2. The first-order valence-electron chi connectivity index (χ1n) is 8.50. The van der Waals surface area contributed by atoms with Gasteiger partial charge < -0.3 is 19.5 Å². The second-order valence-corrected chi connectivity index (χ2v) is 7.33. The van der Waals surface area contributed by atoms with Crippen LogP contribution in [0.5, 0.6) is 17.2 Å². The number of halogens is 2. The maximum absolute atomic E-state index is 12.1. The maximum Gasteiger partial charge on any atom is 0.277 e. The highest BCUT2D eigenvalue weighted by atomic mass is 79.9. The van der Waals surface area contributed by atoms with Crippen LogP contribution in [0.4, 0.5) is 5.69 Å². The molecule has 0 aromatic heterocycles. The number of rotatable bonds is 7. The predicted octanol–water partition coefficient (Wildman–Crippen LogP) is 3.73. The minimum absolute atomic E-state index is 0.0122. The molecule has 1 aliphatic heterocycles. The van der Waals surface area contributed by atoms with Crippen LogP contribution in [0.15, 0.2) is 46.0 Å². The van der Waals surface area contributed by atoms with Crippen molar-refractivity contribution in [2.75, 3.05) is 18.7 Å². The van der Waals surface area contributed by atoms with Crippen LogP contribution in [0, 0.1) is 0 Å². The minimum atomic E-state index is -0.456. The monoisotopic (exact) mass is 481 g/mol. The smallest absolute Gasteiger partial charge is 0.277 e. The van der Waals surface area contributed by atoms with Crippen LogP contribution in [0.3, 0.4) is 0 Å². The fourth-order valence-electron chi connectivity index (χ4n) is 2.38. The number of hydrazone groups is 1. The number of hydrogen-bond donors (Lipinski definition) is 2. The van der Waals surface area contributed by atoms with Crippen molar-refractivity contribution < 1.29 is 23.8 Å². The number of carbonyl (C=O) groups excluding carboxylic acids is 2. The molecule has 1 aliphatic rings. The topological polar surface area (TPSA) is 98.3 Å². The van der Waals surface area contributed by atoms with Crippen LogP contribution in [0.2, 0.25) is 5.02 Å². The largest absolute Gasteiger partial charge is 0.483 e. The molecule has 0 bridgehead atoms. The molecule has 2 aromatic carbocycles. The molecular formula is C19H17BrClN3O5. The van der Waals surface area contributed by atoms with Gasteiger partial charge in [-0.2, -0.15) is 5.10 Å². The molecule has 0 aliphatic carbocycles. The Labute approximate surface area is 180 Å². The Balaban J connectivity index is 1.44. The molecule has 0 atom stereocenters. The first-order chi connectivity index (χ1) is 13.9. The Morgan fingerprint density at radius 3 is 2.76 bits per heavy atom. The van der Waals surface area contributed by atoms with E-state index in [0.717, 1.165) is 0 Å². The lowest BCUT2D eigenvalue weighted by molar-refractivity contribution is -0.123. The molecule has 0 saturated heterocycles. The molecule has 2 amide bonds. The third-order valence-electron chi connectivity index (χ3n) is 3.70. The van der Waals surface area contributed by atoms with Crippen LogP contribution >= 0.6 is 27.5 Å². The number of hydrogen-bond acceptors (Lipinski definition) is 6. The van der Waals surface area contributed by atoms with E-state index in [2.05, 4.69) is 31.8 Å². The SMILES string of the molecule is CC(CC(=O)Nc1ccc2c(c1)OCO2)=NNC(=O)COc1ccc(Cl)cc1Br. The molecule has 0 saturated carbocycles. The van der Waals surface area contributed by atoms with Crippen molar-refractivity contribution in [3.63, 3.8) is 0 Å². The Bertz CT molecular complexity index is 967. The highest BCUT2D eigenvalue weighted by Crippen LogP contribution is 2.34. The number of benzene rings is 2. The predicted molar refractivity (Wildman–Crippen MR) is 112 cm³/mol. The van der Waals surface area contributed by atoms with Gasteiger partial charge >= 0.3 is 0 Å². The van der Waals surface area contributed by atoms with Gasteiger partial charge in [-0.15, -0.1) is 0 Å². The number of nitrogens with one attached hydrogen (secondary N) is 2. The Hall–Kier alpha value is -2.78. The minimum Gasteiger partial charge on any atom is -0.483 e. The first-order valence-corrected chi connectivity index (χ1v) is 9.67. The lowest BCUT2D eigenvalue weighted by atomic mass is 10.2. The summed E-state index contributed by atoms with van der Waals surface area (Å²) in [5.74, 6) is 0.959. The number of nitrogens with zero attached hydrogens (tertiary/aromatic N) is 1. The van der Waals surface area contributed by atoms with Gasteiger partial charge in [-0.3, -0.25) is 9.59 Å². The summed E-state index contributed by atoms with van der Waals surface area (Å²) in [7, 11) is 0. The van der Waals surface area contributed by atoms with Gasteiger partial charge in [0.05, 0.1) is 10.9 Å². The van der Waals surface area contributed by atoms with Crippen molar-refractivity contribution in [3.8, 4) is 17.2 Å². The van der Waals surface area contributed by atoms with Gasteiger partial charge in [-0.05, 0) is 53.2 Å². The molecule has 2 aromatic rings. The van der Waals surface area contributed by atoms with Crippen molar-refractivity contribution >= 4 is 50.7 Å². The second-order valence-electron chi connectivity index (χ2n) is 6.04. The van der Waals surface area contributed by atoms with Gasteiger partial charge in [0, 0.05) is 22.5 Å². The molecule has 152 valence electrons. The standard InChI is InChI=1S/C19H17BrClN3O5/c1-11(6-18(25)22-13-3-5-16-17(8-13)29-10-28-16)23-24-19(26)9-27-15-4-2-12(21)7-14(15)20/h2-5,7-8H,6,9-10H2,1H3,(H,22,25)(H,24,26). The lowest BCUT2D eigenvalue weighted by Crippen LogP contribution is -2.26. The molecule has 1 heterocycles. The van der Waals surface area contributed by atoms with E-state index in [1.54, 1.807) is 43.3 Å². The van der Waals surface area contributed by atoms with Gasteiger partial charge in [-0.25, -0.2) is 5.43 Å². The number of ether oxygens (including phenoxy) is 3. The van der Waals surface area contributed by atoms with Crippen molar-refractivity contribution in [3.05, 3.63) is 45.9 Å². The molecule has 8 nitrogen and oxygen atoms in total. The average molecular weight is 483 g/mol. The molecule has 29 heavy (non-hydrogen) atoms. The Morgan fingerprint density at radius 2 is 1.97 bits per heavy atom. The summed E-state index contributed by atoms with van der Waals surface area (Å²) >= 11 is 9.16. The molecule has 2 N–H and O–H groups in total. The average Bonchev–Trinajstić information content (AvgIpc) is 3.13. The van der Waals surface area contributed by atoms with Crippen LogP contribution in [0.1, 0.15) is 13.3 Å². The van der Waals surface area contributed by atoms with Crippen molar-refractivity contribution in [1.29, 1.82) is 0 Å². The zero-order valence-corrected chi connectivity index (χ0v) is 17.7. The van der Waals surface area contributed by atoms with Gasteiger partial charge in [0.15, 0.2) is 18.1 Å². The zero-order valence-electron chi connectivity index (χ0n) is 15.3. The fourth-order valence-corrected chi connectivity index (χ4v) is 3.17. The van der Waals surface area contributed by atoms with E-state index in [4.69, 9.17) is 25.8 Å². The lowest BCUT2D eigenvalue weighted by Gasteiger charge is -2.08. The third-order valence-corrected chi connectivity index (χ3v) is 4.55. The number of fused-ring (bicyclic) bond motifs is 1. The van der Waals surface area contributed by atoms with Crippen molar-refractivity contribution in [2.24, 2.45) is 5.10 Å². The van der Waals surface area contributed by atoms with E-state index in [-0.39, 0.29) is 25.7 Å². The molecule has 0 unspecified atom stereocenters. The van der Waals surface area contributed by atoms with E-state index < -0.39 is 5.91 Å². The van der Waals surface area contributed by atoms with E-state index >= 15 is 0 Å². The highest BCUT2D eigenvalue weighted by molar-refractivity contribution is 9.10. The Kier molecular flexibility index (Phi) is 6.95. The van der Waals surface area contributed by atoms with Gasteiger partial charge in [0.2, 0.25) is 12.7 Å². The second kappa shape index (κ2) is 9.62. The summed E-state index contributed by atoms with van der Waals surface area (Å²) in [4.78, 5) is 24.0. The zero-order chi connectivity index (χ0) is 20.8. The normalized spacial score (nSPS) is 12.4. The van der Waals surface area contributed by atoms with Crippen molar-refractivity contribution in [2.45, 2.75) is 13.3 Å². The maximum atomic E-state index is 12.1. The molecule has 3 rings (SSSR count). The molecule has 0 spiro atoms. The summed E-state index contributed by atoms with van der Waals surface area (Å²) < 4.78 is 16.5. The molecule has 10 heteroatoms. The molecule has 0 fully saturated rings. The van der Waals surface area contributed by atoms with Crippen LogP contribution in [0.25, 0.3) is 0 Å². The van der Waals surface area contributed by atoms with Crippen LogP contribution < -0.4 is 25.0 Å². The first kappa shape index (κ1) is 20.9. The third kappa shape index (κ3) is 6.10. The Morgan fingerprint density at radius 1 is 1.17 bits per heavy atom. The van der Waals surface area contributed by atoms with E-state index in [1.165, 1.54) is 0 Å². The fraction of sp³-hybridized carbons (Fsp3) is 0.211. The number of anilines is 1. The summed E-state index contributed by atoms with van der Waals surface area (Å²) in [6, 6.07) is 10.1. The van der Waals surface area contributed by atoms with E-state index in [1.807, 2.05) is 0 Å². The molecular weight excluding hydrogens is 466 g/mol. The van der Waals surface area contributed by atoms with E-state index in [9.17, 15) is 9.59 Å². The molecule has 0 radical (unpaired) electrons. The summed E-state index contributed by atoms with van der Waals surface area (Å²) in [5, 5.41) is 7.20. The van der Waals surface area contributed by atoms with Crippen LogP contribution in [-0.4, -0.2) is 30.9 Å². The summed E-state index contributed by atoms with van der Waals surface area (Å²) in [5.41, 5.74) is 3.37.